The fourth-order valence-corrected chi connectivity index (χ4v) is 2.76. The van der Waals surface area contributed by atoms with Crippen LogP contribution in [0.2, 0.25) is 0 Å². The summed E-state index contributed by atoms with van der Waals surface area (Å²) in [6, 6.07) is 0. The van der Waals surface area contributed by atoms with Crippen LogP contribution in [0.1, 0.15) is 11.5 Å². The summed E-state index contributed by atoms with van der Waals surface area (Å²) >= 11 is 0. The average Bonchev–Trinajstić information content (AvgIpc) is 2.64. The van der Waals surface area contributed by atoms with Gasteiger partial charge in [-0.15, -0.1) is 0 Å². The lowest BCUT2D eigenvalue weighted by molar-refractivity contribution is 0.0736. The molecule has 7 nitrogen and oxygen atoms in total. The van der Waals surface area contributed by atoms with Crippen LogP contribution in [0.25, 0.3) is 0 Å². The number of aromatic nitrogens is 1. The summed E-state index contributed by atoms with van der Waals surface area (Å²) < 4.78 is 41.1. The molecule has 0 spiro atoms. The van der Waals surface area contributed by atoms with Crippen LogP contribution in [0.5, 0.6) is 0 Å². The highest BCUT2D eigenvalue weighted by Crippen LogP contribution is 2.18. The van der Waals surface area contributed by atoms with Gasteiger partial charge in [0.1, 0.15) is 10.6 Å². The quantitative estimate of drug-likeness (QED) is 0.685. The molecule has 0 saturated heterocycles. The number of nitrogens with zero attached hydrogens (tertiary/aromatic N) is 1. The van der Waals surface area contributed by atoms with Gasteiger partial charge in [0.25, 0.3) is 0 Å². The molecule has 1 aromatic rings. The lowest BCUT2D eigenvalue weighted by Crippen LogP contribution is -2.28. The van der Waals surface area contributed by atoms with Crippen molar-refractivity contribution in [1.82, 2.24) is 9.88 Å². The minimum atomic E-state index is -3.59. The first-order valence-corrected chi connectivity index (χ1v) is 6.96. The standard InChI is InChI=1S/C10H18N2O5S/c1-8-10(9(2)17-12-8)18(13,14)11-4-5-16-7-6-15-3/h11H,4-7H2,1-3H3. The smallest absolute Gasteiger partial charge is 0.246 e. The Hall–Kier alpha value is -0.960. The highest BCUT2D eigenvalue weighted by Gasteiger charge is 2.23. The monoisotopic (exact) mass is 278 g/mol. The van der Waals surface area contributed by atoms with Gasteiger partial charge < -0.3 is 14.0 Å². The summed E-state index contributed by atoms with van der Waals surface area (Å²) in [5, 5.41) is 3.61. The van der Waals surface area contributed by atoms with E-state index in [0.717, 1.165) is 0 Å². The molecule has 0 aliphatic carbocycles. The van der Waals surface area contributed by atoms with E-state index < -0.39 is 10.0 Å². The summed E-state index contributed by atoms with van der Waals surface area (Å²) in [7, 11) is -2.02. The number of aryl methyl sites for hydroxylation is 2. The van der Waals surface area contributed by atoms with Crippen LogP contribution < -0.4 is 4.72 Å². The Labute approximate surface area is 106 Å². The second-order valence-corrected chi connectivity index (χ2v) is 5.36. The number of sulfonamides is 1. The molecule has 0 aliphatic heterocycles. The van der Waals surface area contributed by atoms with Gasteiger partial charge >= 0.3 is 0 Å². The van der Waals surface area contributed by atoms with E-state index in [1.807, 2.05) is 0 Å². The molecule has 0 unspecified atom stereocenters. The van der Waals surface area contributed by atoms with E-state index in [2.05, 4.69) is 9.88 Å². The summed E-state index contributed by atoms with van der Waals surface area (Å²) in [5.41, 5.74) is 0.348. The summed E-state index contributed by atoms with van der Waals surface area (Å²) in [6.07, 6.45) is 0. The Morgan fingerprint density at radius 1 is 1.28 bits per heavy atom. The zero-order valence-electron chi connectivity index (χ0n) is 10.7. The molecule has 0 fully saturated rings. The number of ether oxygens (including phenoxy) is 2. The molecule has 1 N–H and O–H groups in total. The van der Waals surface area contributed by atoms with Gasteiger partial charge in [-0.1, -0.05) is 5.16 Å². The molecule has 0 aromatic carbocycles. The van der Waals surface area contributed by atoms with Crippen LogP contribution in [-0.2, 0) is 19.5 Å². The van der Waals surface area contributed by atoms with Crippen molar-refractivity contribution in [2.45, 2.75) is 18.7 Å². The van der Waals surface area contributed by atoms with E-state index in [4.69, 9.17) is 14.0 Å². The van der Waals surface area contributed by atoms with Crippen LogP contribution in [0.15, 0.2) is 9.42 Å². The molecular formula is C10H18N2O5S. The molecule has 0 atom stereocenters. The van der Waals surface area contributed by atoms with E-state index in [1.165, 1.54) is 0 Å². The van der Waals surface area contributed by atoms with Gasteiger partial charge in [0.15, 0.2) is 5.76 Å². The molecule has 0 amide bonds. The van der Waals surface area contributed by atoms with Crippen molar-refractivity contribution in [1.29, 1.82) is 0 Å². The first kappa shape index (κ1) is 15.1. The van der Waals surface area contributed by atoms with Crippen molar-refractivity contribution in [3.63, 3.8) is 0 Å². The summed E-state index contributed by atoms with van der Waals surface area (Å²) in [5.74, 6) is 0.278. The Balaban J connectivity index is 2.46. The largest absolute Gasteiger partial charge is 0.382 e. The van der Waals surface area contributed by atoms with E-state index in [9.17, 15) is 8.42 Å². The van der Waals surface area contributed by atoms with Gasteiger partial charge in [0, 0.05) is 13.7 Å². The van der Waals surface area contributed by atoms with Crippen molar-refractivity contribution < 1.29 is 22.4 Å². The number of nitrogens with one attached hydrogen (secondary N) is 1. The SMILES string of the molecule is COCCOCCNS(=O)(=O)c1c(C)noc1C. The van der Waals surface area contributed by atoms with Crippen molar-refractivity contribution >= 4 is 10.0 Å². The minimum absolute atomic E-state index is 0.0967. The number of hydrogen-bond donors (Lipinski definition) is 1. The van der Waals surface area contributed by atoms with Gasteiger partial charge in [-0.2, -0.15) is 0 Å². The third-order valence-electron chi connectivity index (χ3n) is 2.21. The second kappa shape index (κ2) is 6.83. The number of rotatable bonds is 8. The number of methoxy groups -OCH3 is 1. The Morgan fingerprint density at radius 2 is 2.00 bits per heavy atom. The number of hydrogen-bond acceptors (Lipinski definition) is 6. The van der Waals surface area contributed by atoms with Crippen molar-refractivity contribution in [3.8, 4) is 0 Å². The van der Waals surface area contributed by atoms with Gasteiger partial charge in [-0.3, -0.25) is 0 Å². The zero-order chi connectivity index (χ0) is 13.6. The van der Waals surface area contributed by atoms with Crippen LogP contribution in [0.4, 0.5) is 0 Å². The molecule has 1 aromatic heterocycles. The topological polar surface area (TPSA) is 90.7 Å². The highest BCUT2D eigenvalue weighted by molar-refractivity contribution is 7.89. The van der Waals surface area contributed by atoms with Gasteiger partial charge in [0.05, 0.1) is 19.8 Å². The van der Waals surface area contributed by atoms with Gasteiger partial charge in [0.2, 0.25) is 10.0 Å². The molecular weight excluding hydrogens is 260 g/mol. The lowest BCUT2D eigenvalue weighted by Gasteiger charge is -2.06. The van der Waals surface area contributed by atoms with Crippen molar-refractivity contribution in [3.05, 3.63) is 11.5 Å². The molecule has 0 saturated carbocycles. The third-order valence-corrected chi connectivity index (χ3v) is 3.91. The molecule has 1 heterocycles. The molecule has 0 aliphatic rings. The Kier molecular flexibility index (Phi) is 5.73. The van der Waals surface area contributed by atoms with E-state index in [1.54, 1.807) is 21.0 Å². The fraction of sp³-hybridized carbons (Fsp3) is 0.700. The summed E-state index contributed by atoms with van der Waals surface area (Å²) in [4.78, 5) is 0.0967. The van der Waals surface area contributed by atoms with Crippen LogP contribution in [-0.4, -0.2) is 47.0 Å². The van der Waals surface area contributed by atoms with E-state index in [0.29, 0.717) is 18.9 Å². The lowest BCUT2D eigenvalue weighted by atomic mass is 10.4. The van der Waals surface area contributed by atoms with Crippen molar-refractivity contribution in [2.24, 2.45) is 0 Å². The molecule has 0 radical (unpaired) electrons. The molecule has 1 rings (SSSR count). The Bertz CT molecular complexity index is 449. The fourth-order valence-electron chi connectivity index (χ4n) is 1.42. The van der Waals surface area contributed by atoms with Crippen LogP contribution in [0.3, 0.4) is 0 Å². The molecule has 18 heavy (non-hydrogen) atoms. The zero-order valence-corrected chi connectivity index (χ0v) is 11.5. The molecule has 8 heteroatoms. The Morgan fingerprint density at radius 3 is 2.56 bits per heavy atom. The maximum atomic E-state index is 11.9. The highest BCUT2D eigenvalue weighted by atomic mass is 32.2. The first-order chi connectivity index (χ1) is 8.49. The predicted octanol–water partition coefficient (Wildman–Crippen LogP) is 0.233. The third kappa shape index (κ3) is 4.05. The molecule has 104 valence electrons. The predicted molar refractivity (Wildman–Crippen MR) is 63.9 cm³/mol. The van der Waals surface area contributed by atoms with Gasteiger partial charge in [-0.25, -0.2) is 13.1 Å². The maximum Gasteiger partial charge on any atom is 0.246 e. The van der Waals surface area contributed by atoms with Crippen molar-refractivity contribution in [2.75, 3.05) is 33.5 Å². The van der Waals surface area contributed by atoms with Crippen LogP contribution in [0, 0.1) is 13.8 Å². The maximum absolute atomic E-state index is 11.9. The van der Waals surface area contributed by atoms with E-state index in [-0.39, 0.29) is 23.8 Å². The summed E-state index contributed by atoms with van der Waals surface area (Å²) in [6.45, 7) is 4.53. The molecule has 0 bridgehead atoms. The van der Waals surface area contributed by atoms with Crippen LogP contribution >= 0.6 is 0 Å². The second-order valence-electron chi connectivity index (χ2n) is 3.66. The van der Waals surface area contributed by atoms with E-state index >= 15 is 0 Å². The minimum Gasteiger partial charge on any atom is -0.382 e. The first-order valence-electron chi connectivity index (χ1n) is 5.48. The van der Waals surface area contributed by atoms with Gasteiger partial charge in [-0.05, 0) is 13.8 Å². The average molecular weight is 278 g/mol. The normalized spacial score (nSPS) is 11.9.